The van der Waals surface area contributed by atoms with E-state index >= 15 is 0 Å². The number of amides is 2. The molecule has 0 unspecified atom stereocenters. The van der Waals surface area contributed by atoms with Gasteiger partial charge in [0, 0.05) is 37.8 Å². The maximum absolute atomic E-state index is 12.4. The molecule has 2 aromatic rings. The van der Waals surface area contributed by atoms with E-state index in [0.717, 1.165) is 37.2 Å². The first-order valence-corrected chi connectivity index (χ1v) is 9.37. The number of benzene rings is 1. The van der Waals surface area contributed by atoms with Gasteiger partial charge in [-0.15, -0.1) is 0 Å². The van der Waals surface area contributed by atoms with E-state index in [-0.39, 0.29) is 17.7 Å². The summed E-state index contributed by atoms with van der Waals surface area (Å²) in [4.78, 5) is 26.7. The molecule has 1 aromatic carbocycles. The van der Waals surface area contributed by atoms with Gasteiger partial charge in [-0.2, -0.15) is 5.10 Å². The zero-order valence-corrected chi connectivity index (χ0v) is 16.2. The Bertz CT molecular complexity index is 793. The van der Waals surface area contributed by atoms with E-state index in [1.54, 1.807) is 17.9 Å². The van der Waals surface area contributed by atoms with Crippen molar-refractivity contribution in [1.29, 1.82) is 0 Å². The lowest BCUT2D eigenvalue weighted by Gasteiger charge is -2.16. The van der Waals surface area contributed by atoms with Gasteiger partial charge in [0.25, 0.3) is 5.91 Å². The van der Waals surface area contributed by atoms with Gasteiger partial charge in [0.1, 0.15) is 5.82 Å². The van der Waals surface area contributed by atoms with Crippen LogP contribution in [0.1, 0.15) is 34.8 Å². The Kier molecular flexibility index (Phi) is 5.91. The lowest BCUT2D eigenvalue weighted by atomic mass is 10.1. The van der Waals surface area contributed by atoms with Gasteiger partial charge in [-0.25, -0.2) is 0 Å². The van der Waals surface area contributed by atoms with Crippen molar-refractivity contribution < 1.29 is 9.59 Å². The highest BCUT2D eigenvalue weighted by Gasteiger charge is 2.27. The second-order valence-electron chi connectivity index (χ2n) is 7.07. The van der Waals surface area contributed by atoms with E-state index in [1.807, 2.05) is 38.1 Å². The summed E-state index contributed by atoms with van der Waals surface area (Å²) in [6.07, 6.45) is 2.62. The Morgan fingerprint density at radius 2 is 2.00 bits per heavy atom. The Balaban J connectivity index is 1.56. The van der Waals surface area contributed by atoms with Crippen LogP contribution in [0, 0.1) is 12.8 Å². The van der Waals surface area contributed by atoms with E-state index < -0.39 is 0 Å². The molecule has 1 saturated heterocycles. The molecule has 3 rings (SSSR count). The minimum atomic E-state index is -0.147. The predicted molar refractivity (Wildman–Crippen MR) is 104 cm³/mol. The Labute approximate surface area is 159 Å². The zero-order valence-electron chi connectivity index (χ0n) is 16.2. The Morgan fingerprint density at radius 3 is 2.63 bits per heavy atom. The molecule has 1 atom stereocenters. The number of aromatic nitrogens is 2. The number of nitrogens with one attached hydrogen (secondary N) is 2. The first kappa shape index (κ1) is 19.1. The Morgan fingerprint density at radius 1 is 1.26 bits per heavy atom. The summed E-state index contributed by atoms with van der Waals surface area (Å²) in [5.74, 6) is 0.790. The third-order valence-electron chi connectivity index (χ3n) is 4.97. The molecule has 7 nitrogen and oxygen atoms in total. The molecular formula is C20H27N5O2. The number of aryl methyl sites for hydroxylation is 2. The number of hydrogen-bond acceptors (Lipinski definition) is 4. The number of carbonyl (C=O) groups is 2. The van der Waals surface area contributed by atoms with Crippen LogP contribution in [0.5, 0.6) is 0 Å². The van der Waals surface area contributed by atoms with Crippen molar-refractivity contribution >= 4 is 17.6 Å². The maximum Gasteiger partial charge on any atom is 0.256 e. The second kappa shape index (κ2) is 8.35. The van der Waals surface area contributed by atoms with Crippen LogP contribution in [-0.4, -0.2) is 46.1 Å². The number of anilines is 1. The largest absolute Gasteiger partial charge is 0.356 e. The van der Waals surface area contributed by atoms with Crippen molar-refractivity contribution in [2.24, 2.45) is 13.0 Å². The van der Waals surface area contributed by atoms with Crippen LogP contribution in [0.4, 0.5) is 5.82 Å². The summed E-state index contributed by atoms with van der Waals surface area (Å²) in [6, 6.07) is 7.64. The molecule has 27 heavy (non-hydrogen) atoms. The van der Waals surface area contributed by atoms with Crippen LogP contribution < -0.4 is 10.6 Å². The van der Waals surface area contributed by atoms with Gasteiger partial charge in [-0.05, 0) is 44.5 Å². The third kappa shape index (κ3) is 4.54. The molecule has 7 heteroatoms. The summed E-state index contributed by atoms with van der Waals surface area (Å²) in [7, 11) is 1.80. The molecule has 1 aliphatic heterocycles. The standard InChI is InChI=1S/C20H27N5O2/c1-4-21-19(26)17-9-10-25(13-17)12-15-5-7-16(8-6-15)20(27)23-18-14(2)11-22-24(18)3/h5-8,11,17H,4,9-10,12-13H2,1-3H3,(H,21,26)(H,23,27)/t17-/m1/s1. The van der Waals surface area contributed by atoms with Gasteiger partial charge in [0.2, 0.25) is 5.91 Å². The van der Waals surface area contributed by atoms with E-state index in [9.17, 15) is 9.59 Å². The van der Waals surface area contributed by atoms with Crippen LogP contribution >= 0.6 is 0 Å². The molecule has 0 radical (unpaired) electrons. The highest BCUT2D eigenvalue weighted by molar-refractivity contribution is 6.04. The third-order valence-corrected chi connectivity index (χ3v) is 4.97. The van der Waals surface area contributed by atoms with Gasteiger partial charge in [-0.3, -0.25) is 19.2 Å². The molecule has 1 aliphatic rings. The van der Waals surface area contributed by atoms with Crippen molar-refractivity contribution in [1.82, 2.24) is 20.0 Å². The summed E-state index contributed by atoms with van der Waals surface area (Å²) in [5.41, 5.74) is 2.68. The van der Waals surface area contributed by atoms with Gasteiger partial charge in [0.05, 0.1) is 12.1 Å². The second-order valence-corrected chi connectivity index (χ2v) is 7.07. The van der Waals surface area contributed by atoms with Crippen molar-refractivity contribution in [2.45, 2.75) is 26.8 Å². The monoisotopic (exact) mass is 369 g/mol. The van der Waals surface area contributed by atoms with Gasteiger partial charge < -0.3 is 10.6 Å². The normalized spacial score (nSPS) is 17.1. The molecule has 2 heterocycles. The molecule has 2 N–H and O–H groups in total. The summed E-state index contributed by atoms with van der Waals surface area (Å²) < 4.78 is 1.65. The van der Waals surface area contributed by atoms with Crippen LogP contribution in [-0.2, 0) is 18.4 Å². The molecule has 144 valence electrons. The minimum absolute atomic E-state index is 0.0807. The molecule has 0 spiro atoms. The van der Waals surface area contributed by atoms with Crippen LogP contribution in [0.3, 0.4) is 0 Å². The average Bonchev–Trinajstić information content (AvgIpc) is 3.24. The van der Waals surface area contributed by atoms with Crippen LogP contribution in [0.25, 0.3) is 0 Å². The molecule has 0 bridgehead atoms. The zero-order chi connectivity index (χ0) is 19.4. The van der Waals surface area contributed by atoms with Gasteiger partial charge >= 0.3 is 0 Å². The summed E-state index contributed by atoms with van der Waals surface area (Å²) in [5, 5.41) is 9.94. The number of hydrogen-bond donors (Lipinski definition) is 2. The number of likely N-dealkylation sites (tertiary alicyclic amines) is 1. The lowest BCUT2D eigenvalue weighted by Crippen LogP contribution is -2.32. The van der Waals surface area contributed by atoms with Crippen LogP contribution in [0.2, 0.25) is 0 Å². The van der Waals surface area contributed by atoms with E-state index in [1.165, 1.54) is 0 Å². The first-order valence-electron chi connectivity index (χ1n) is 9.37. The molecule has 0 aliphatic carbocycles. The molecule has 1 aromatic heterocycles. The van der Waals surface area contributed by atoms with E-state index in [2.05, 4.69) is 20.6 Å². The molecule has 0 saturated carbocycles. The smallest absolute Gasteiger partial charge is 0.256 e. The van der Waals surface area contributed by atoms with Crippen molar-refractivity contribution in [2.75, 3.05) is 25.0 Å². The predicted octanol–water partition coefficient (Wildman–Crippen LogP) is 1.94. The van der Waals surface area contributed by atoms with Crippen molar-refractivity contribution in [3.63, 3.8) is 0 Å². The highest BCUT2D eigenvalue weighted by atomic mass is 16.2. The van der Waals surface area contributed by atoms with E-state index in [4.69, 9.17) is 0 Å². The average molecular weight is 369 g/mol. The van der Waals surface area contributed by atoms with E-state index in [0.29, 0.717) is 17.9 Å². The highest BCUT2D eigenvalue weighted by Crippen LogP contribution is 2.19. The SMILES string of the molecule is CCNC(=O)[C@@H]1CCN(Cc2ccc(C(=O)Nc3c(C)cnn3C)cc2)C1. The fraction of sp³-hybridized carbons (Fsp3) is 0.450. The molecule has 2 amide bonds. The molecular weight excluding hydrogens is 342 g/mol. The van der Waals surface area contributed by atoms with Crippen molar-refractivity contribution in [3.8, 4) is 0 Å². The Hall–Kier alpha value is -2.67. The quantitative estimate of drug-likeness (QED) is 0.816. The summed E-state index contributed by atoms with van der Waals surface area (Å²) >= 11 is 0. The number of rotatable bonds is 6. The summed E-state index contributed by atoms with van der Waals surface area (Å²) in [6.45, 7) is 7.03. The van der Waals surface area contributed by atoms with Gasteiger partial charge in [-0.1, -0.05) is 12.1 Å². The minimum Gasteiger partial charge on any atom is -0.356 e. The van der Waals surface area contributed by atoms with Crippen LogP contribution in [0.15, 0.2) is 30.5 Å². The number of carbonyl (C=O) groups excluding carboxylic acids is 2. The number of nitrogens with zero attached hydrogens (tertiary/aromatic N) is 3. The molecule has 1 fully saturated rings. The first-order chi connectivity index (χ1) is 13.0. The van der Waals surface area contributed by atoms with Crippen molar-refractivity contribution in [3.05, 3.63) is 47.2 Å². The fourth-order valence-electron chi connectivity index (χ4n) is 3.44. The lowest BCUT2D eigenvalue weighted by molar-refractivity contribution is -0.124. The maximum atomic E-state index is 12.4. The fourth-order valence-corrected chi connectivity index (χ4v) is 3.44. The topological polar surface area (TPSA) is 79.3 Å². The van der Waals surface area contributed by atoms with Gasteiger partial charge in [0.15, 0.2) is 0 Å².